The summed E-state index contributed by atoms with van der Waals surface area (Å²) >= 11 is 0. The van der Waals surface area contributed by atoms with Crippen LogP contribution in [0.15, 0.2) is 24.3 Å². The number of carbonyl (C=O) groups excluding carboxylic acids is 1. The predicted octanol–water partition coefficient (Wildman–Crippen LogP) is 2.79. The molecule has 1 aliphatic rings. The summed E-state index contributed by atoms with van der Waals surface area (Å²) < 4.78 is 0. The molecule has 0 bridgehead atoms. The zero-order valence-corrected chi connectivity index (χ0v) is 12.7. The minimum atomic E-state index is -1.00. The van der Waals surface area contributed by atoms with Crippen LogP contribution in [0.1, 0.15) is 50.2 Å². The minimum absolute atomic E-state index is 0.147. The highest BCUT2D eigenvalue weighted by molar-refractivity contribution is 5.91. The number of carbonyl (C=O) groups is 2. The maximum atomic E-state index is 12.8. The van der Waals surface area contributed by atoms with Crippen LogP contribution in [-0.2, 0) is 15.0 Å². The zero-order chi connectivity index (χ0) is 15.5. The first-order chi connectivity index (χ1) is 9.97. The molecule has 2 N–H and O–H groups in total. The summed E-state index contributed by atoms with van der Waals surface area (Å²) in [6.07, 6.45) is 4.72. The Balaban J connectivity index is 2.36. The second-order valence-corrected chi connectivity index (χ2v) is 5.99. The van der Waals surface area contributed by atoms with E-state index in [0.717, 1.165) is 43.2 Å². The molecule has 2 rings (SSSR count). The van der Waals surface area contributed by atoms with E-state index < -0.39 is 17.4 Å². The molecule has 21 heavy (non-hydrogen) atoms. The van der Waals surface area contributed by atoms with Crippen molar-refractivity contribution >= 4 is 11.9 Å². The number of rotatable bonds is 4. The molecule has 0 radical (unpaired) electrons. The Hall–Kier alpha value is -1.84. The monoisotopic (exact) mass is 289 g/mol. The van der Waals surface area contributed by atoms with E-state index in [1.54, 1.807) is 0 Å². The third-order valence-electron chi connectivity index (χ3n) is 4.52. The molecule has 1 aromatic rings. The molecule has 114 valence electrons. The number of hydrogen-bond donors (Lipinski definition) is 2. The molecule has 1 aromatic carbocycles. The van der Waals surface area contributed by atoms with Gasteiger partial charge in [0.25, 0.3) is 0 Å². The van der Waals surface area contributed by atoms with Gasteiger partial charge in [0.05, 0.1) is 5.41 Å². The number of nitrogens with one attached hydrogen (secondary N) is 1. The average Bonchev–Trinajstić information content (AvgIpc) is 2.48. The molecule has 0 heterocycles. The first-order valence-corrected chi connectivity index (χ1v) is 7.57. The lowest BCUT2D eigenvalue weighted by Gasteiger charge is -2.37. The highest BCUT2D eigenvalue weighted by Gasteiger charge is 2.42. The lowest BCUT2D eigenvalue weighted by molar-refractivity contribution is -0.142. The molecule has 0 spiro atoms. The SMILES string of the molecule is Cc1ccccc1C1(C(=O)N[C@H](C)C(=O)O)CCCCC1. The van der Waals surface area contributed by atoms with E-state index in [2.05, 4.69) is 5.32 Å². The van der Waals surface area contributed by atoms with Crippen LogP contribution in [0.25, 0.3) is 0 Å². The lowest BCUT2D eigenvalue weighted by Crippen LogP contribution is -2.50. The Bertz CT molecular complexity index is 533. The van der Waals surface area contributed by atoms with E-state index in [-0.39, 0.29) is 5.91 Å². The molecule has 1 aliphatic carbocycles. The maximum absolute atomic E-state index is 12.8. The van der Waals surface area contributed by atoms with Gasteiger partial charge in [-0.05, 0) is 37.8 Å². The Morgan fingerprint density at radius 3 is 2.38 bits per heavy atom. The zero-order valence-electron chi connectivity index (χ0n) is 12.7. The molecule has 0 unspecified atom stereocenters. The smallest absolute Gasteiger partial charge is 0.325 e. The van der Waals surface area contributed by atoms with Crippen LogP contribution >= 0.6 is 0 Å². The van der Waals surface area contributed by atoms with Crippen LogP contribution in [0.3, 0.4) is 0 Å². The van der Waals surface area contributed by atoms with Crippen molar-refractivity contribution in [3.63, 3.8) is 0 Å². The number of carboxylic acids is 1. The third kappa shape index (κ3) is 3.09. The van der Waals surface area contributed by atoms with E-state index in [9.17, 15) is 9.59 Å². The van der Waals surface area contributed by atoms with E-state index in [4.69, 9.17) is 5.11 Å². The topological polar surface area (TPSA) is 66.4 Å². The van der Waals surface area contributed by atoms with Crippen LogP contribution in [0.5, 0.6) is 0 Å². The van der Waals surface area contributed by atoms with Gasteiger partial charge < -0.3 is 10.4 Å². The number of benzene rings is 1. The summed E-state index contributed by atoms with van der Waals surface area (Å²) in [5.74, 6) is -1.15. The Morgan fingerprint density at radius 1 is 1.19 bits per heavy atom. The number of hydrogen-bond acceptors (Lipinski definition) is 2. The third-order valence-corrected chi connectivity index (χ3v) is 4.52. The van der Waals surface area contributed by atoms with Gasteiger partial charge in [0.15, 0.2) is 0 Å². The quantitative estimate of drug-likeness (QED) is 0.895. The van der Waals surface area contributed by atoms with Crippen LogP contribution in [-0.4, -0.2) is 23.0 Å². The summed E-state index contributed by atoms with van der Waals surface area (Å²) in [7, 11) is 0. The second kappa shape index (κ2) is 6.29. The molecule has 4 nitrogen and oxygen atoms in total. The van der Waals surface area contributed by atoms with E-state index in [1.807, 2.05) is 31.2 Å². The largest absolute Gasteiger partial charge is 0.480 e. The maximum Gasteiger partial charge on any atom is 0.325 e. The normalized spacial score (nSPS) is 18.8. The highest BCUT2D eigenvalue weighted by atomic mass is 16.4. The summed E-state index contributed by atoms with van der Waals surface area (Å²) in [6, 6.07) is 7.07. The first-order valence-electron chi connectivity index (χ1n) is 7.57. The van der Waals surface area contributed by atoms with Gasteiger partial charge in [-0.2, -0.15) is 0 Å². The summed E-state index contributed by atoms with van der Waals surface area (Å²) in [5.41, 5.74) is 1.56. The van der Waals surface area contributed by atoms with Crippen LogP contribution in [0.2, 0.25) is 0 Å². The van der Waals surface area contributed by atoms with Crippen molar-refractivity contribution in [2.75, 3.05) is 0 Å². The number of carboxylic acid groups (broad SMARTS) is 1. The van der Waals surface area contributed by atoms with Gasteiger partial charge in [-0.3, -0.25) is 9.59 Å². The van der Waals surface area contributed by atoms with Gasteiger partial charge in [-0.15, -0.1) is 0 Å². The summed E-state index contributed by atoms with van der Waals surface area (Å²) in [5, 5.41) is 11.7. The predicted molar refractivity (Wildman–Crippen MR) is 81.2 cm³/mol. The summed E-state index contributed by atoms with van der Waals surface area (Å²) in [4.78, 5) is 23.8. The van der Waals surface area contributed by atoms with E-state index in [0.29, 0.717) is 0 Å². The van der Waals surface area contributed by atoms with Gasteiger partial charge in [0, 0.05) is 0 Å². The molecule has 0 aromatic heterocycles. The average molecular weight is 289 g/mol. The van der Waals surface area contributed by atoms with Crippen molar-refractivity contribution in [1.82, 2.24) is 5.32 Å². The molecule has 1 fully saturated rings. The molecular weight excluding hydrogens is 266 g/mol. The van der Waals surface area contributed by atoms with Crippen molar-refractivity contribution in [2.45, 2.75) is 57.4 Å². The standard InChI is InChI=1S/C17H23NO3/c1-12-8-4-5-9-14(12)17(10-6-3-7-11-17)16(21)18-13(2)15(19)20/h4-5,8-9,13H,3,6-7,10-11H2,1-2H3,(H,18,21)(H,19,20)/t13-/m1/s1. The minimum Gasteiger partial charge on any atom is -0.480 e. The fraction of sp³-hybridized carbons (Fsp3) is 0.529. The fourth-order valence-electron chi connectivity index (χ4n) is 3.28. The van der Waals surface area contributed by atoms with Crippen LogP contribution in [0.4, 0.5) is 0 Å². The van der Waals surface area contributed by atoms with Crippen molar-refractivity contribution in [2.24, 2.45) is 0 Å². The molecule has 0 saturated heterocycles. The van der Waals surface area contributed by atoms with E-state index in [1.165, 1.54) is 6.92 Å². The molecule has 1 atom stereocenters. The molecule has 0 aliphatic heterocycles. The Kier molecular flexibility index (Phi) is 4.66. The number of aryl methyl sites for hydroxylation is 1. The Morgan fingerprint density at radius 2 is 1.81 bits per heavy atom. The van der Waals surface area contributed by atoms with Crippen LogP contribution in [0, 0.1) is 6.92 Å². The van der Waals surface area contributed by atoms with Crippen molar-refractivity contribution in [3.8, 4) is 0 Å². The molecular formula is C17H23NO3. The van der Waals surface area contributed by atoms with Gasteiger partial charge in [0.1, 0.15) is 6.04 Å². The molecule has 1 saturated carbocycles. The van der Waals surface area contributed by atoms with Gasteiger partial charge in [-0.25, -0.2) is 0 Å². The van der Waals surface area contributed by atoms with Crippen LogP contribution < -0.4 is 5.32 Å². The van der Waals surface area contributed by atoms with Crippen molar-refractivity contribution in [1.29, 1.82) is 0 Å². The van der Waals surface area contributed by atoms with Crippen molar-refractivity contribution in [3.05, 3.63) is 35.4 Å². The van der Waals surface area contributed by atoms with Gasteiger partial charge in [-0.1, -0.05) is 43.5 Å². The second-order valence-electron chi connectivity index (χ2n) is 5.99. The number of amides is 1. The first kappa shape index (κ1) is 15.5. The highest BCUT2D eigenvalue weighted by Crippen LogP contribution is 2.41. The Labute approximate surface area is 125 Å². The number of aliphatic carboxylic acids is 1. The van der Waals surface area contributed by atoms with E-state index >= 15 is 0 Å². The van der Waals surface area contributed by atoms with Gasteiger partial charge >= 0.3 is 5.97 Å². The molecule has 1 amide bonds. The van der Waals surface area contributed by atoms with Gasteiger partial charge in [0.2, 0.25) is 5.91 Å². The van der Waals surface area contributed by atoms with Crippen molar-refractivity contribution < 1.29 is 14.7 Å². The summed E-state index contributed by atoms with van der Waals surface area (Å²) in [6.45, 7) is 3.52. The lowest BCUT2D eigenvalue weighted by atomic mass is 9.67. The fourth-order valence-corrected chi connectivity index (χ4v) is 3.28. The molecule has 4 heteroatoms.